The van der Waals surface area contributed by atoms with Crippen molar-refractivity contribution < 1.29 is 4.76 Å². The monoisotopic (exact) mass is 346 g/mol. The highest BCUT2D eigenvalue weighted by Crippen LogP contribution is 2.26. The molecule has 0 saturated carbocycles. The first-order chi connectivity index (χ1) is 12.2. The summed E-state index contributed by atoms with van der Waals surface area (Å²) in [6.45, 7) is 2.08. The third-order valence-corrected chi connectivity index (χ3v) is 4.38. The summed E-state index contributed by atoms with van der Waals surface area (Å²) in [5, 5.41) is 5.05. The Morgan fingerprint density at radius 2 is 1.72 bits per heavy atom. The van der Waals surface area contributed by atoms with Gasteiger partial charge in [0.2, 0.25) is 0 Å². The Morgan fingerprint density at radius 3 is 2.48 bits per heavy atom. The average Bonchev–Trinajstić information content (AvgIpc) is 3.07. The second-order valence-corrected chi connectivity index (χ2v) is 6.44. The summed E-state index contributed by atoms with van der Waals surface area (Å²) >= 11 is 6.18. The molecule has 1 aliphatic heterocycles. The number of amidine groups is 1. The minimum atomic E-state index is -0.308. The number of rotatable bonds is 3. The molecule has 0 atom stereocenters. The number of nitrogens with zero attached hydrogens (tertiary/aromatic N) is 2. The van der Waals surface area contributed by atoms with Crippen molar-refractivity contribution in [3.05, 3.63) is 95.0 Å². The van der Waals surface area contributed by atoms with E-state index in [1.807, 2.05) is 60.7 Å². The molecule has 0 radical (unpaired) electrons. The van der Waals surface area contributed by atoms with Crippen LogP contribution in [-0.2, 0) is 4.76 Å². The minimum Gasteiger partial charge on any atom is -0.432 e. The fourth-order valence-corrected chi connectivity index (χ4v) is 3.17. The molecular weight excluding hydrogens is 330 g/mol. The molecule has 0 aliphatic carbocycles. The van der Waals surface area contributed by atoms with Crippen LogP contribution >= 0.6 is 11.6 Å². The van der Waals surface area contributed by atoms with E-state index in [2.05, 4.69) is 35.1 Å². The van der Waals surface area contributed by atoms with E-state index in [9.17, 15) is 0 Å². The number of hydrogen-bond donors (Lipinski definition) is 0. The maximum absolute atomic E-state index is 6.18. The smallest absolute Gasteiger partial charge is 0.432 e. The van der Waals surface area contributed by atoms with Crippen molar-refractivity contribution in [2.75, 3.05) is 4.81 Å². The number of benzene rings is 3. The molecule has 0 unspecified atom stereocenters. The van der Waals surface area contributed by atoms with Gasteiger partial charge in [-0.3, -0.25) is 0 Å². The van der Waals surface area contributed by atoms with Gasteiger partial charge in [-0.25, -0.2) is 0 Å². The van der Waals surface area contributed by atoms with Crippen molar-refractivity contribution in [3.63, 3.8) is 0 Å². The normalized spacial score (nSPS) is 13.6. The van der Waals surface area contributed by atoms with Gasteiger partial charge in [-0.2, -0.15) is 0 Å². The van der Waals surface area contributed by atoms with Crippen molar-refractivity contribution >= 4 is 35.6 Å². The molecule has 122 valence electrons. The van der Waals surface area contributed by atoms with Gasteiger partial charge in [0.25, 0.3) is 0 Å². The van der Waals surface area contributed by atoms with Crippen molar-refractivity contribution in [3.8, 4) is 0 Å². The van der Waals surface area contributed by atoms with Crippen molar-refractivity contribution in [2.45, 2.75) is 6.92 Å². The van der Waals surface area contributed by atoms with Gasteiger partial charge >= 0.3 is 7.05 Å². The number of hydrogen-bond acceptors (Lipinski definition) is 3. The van der Waals surface area contributed by atoms with Gasteiger partial charge in [0.1, 0.15) is 0 Å². The highest BCUT2D eigenvalue weighted by atomic mass is 35.5. The summed E-state index contributed by atoms with van der Waals surface area (Å²) in [6.07, 6.45) is 0. The number of oxime groups is 1. The van der Waals surface area contributed by atoms with Crippen molar-refractivity contribution in [1.82, 2.24) is 0 Å². The molecule has 3 aromatic carbocycles. The fourth-order valence-electron chi connectivity index (χ4n) is 2.98. The van der Waals surface area contributed by atoms with Gasteiger partial charge in [-0.1, -0.05) is 71.4 Å². The molecule has 0 spiro atoms. The van der Waals surface area contributed by atoms with Crippen LogP contribution in [0.2, 0.25) is 5.02 Å². The van der Waals surface area contributed by atoms with Gasteiger partial charge in [0.05, 0.1) is 0 Å². The van der Waals surface area contributed by atoms with E-state index in [1.165, 1.54) is 5.56 Å². The first-order valence-corrected chi connectivity index (χ1v) is 8.51. The summed E-state index contributed by atoms with van der Waals surface area (Å²) in [5.41, 5.74) is 4.18. The average molecular weight is 347 g/mol. The predicted octanol–water partition coefficient (Wildman–Crippen LogP) is 4.24. The standard InChI is InChI=1S/C20H16BClN2O/c1-15-7-5-12-19(13-15)24-20(16-8-6-11-18(22)14-16)23-25-21(24)17-9-3-2-4-10-17/h2-14H,1H3. The van der Waals surface area contributed by atoms with Gasteiger partial charge < -0.3 is 9.57 Å². The molecule has 5 heteroatoms. The molecule has 0 fully saturated rings. The summed E-state index contributed by atoms with van der Waals surface area (Å²) < 4.78 is 5.82. The Labute approximate surface area is 152 Å². The van der Waals surface area contributed by atoms with E-state index in [0.29, 0.717) is 5.02 Å². The highest BCUT2D eigenvalue weighted by molar-refractivity contribution is 6.76. The fraction of sp³-hybridized carbons (Fsp3) is 0.0500. The minimum absolute atomic E-state index is 0.308. The third kappa shape index (κ3) is 3.13. The van der Waals surface area contributed by atoms with Crippen LogP contribution in [0.1, 0.15) is 11.1 Å². The second-order valence-electron chi connectivity index (χ2n) is 6.00. The molecule has 1 aliphatic rings. The topological polar surface area (TPSA) is 24.8 Å². The van der Waals surface area contributed by atoms with E-state index >= 15 is 0 Å². The maximum Gasteiger partial charge on any atom is 0.550 e. The van der Waals surface area contributed by atoms with E-state index in [-0.39, 0.29) is 7.05 Å². The molecule has 3 aromatic rings. The summed E-state index contributed by atoms with van der Waals surface area (Å²) in [4.78, 5) is 2.11. The first-order valence-electron chi connectivity index (χ1n) is 8.13. The Kier molecular flexibility index (Phi) is 4.20. The van der Waals surface area contributed by atoms with E-state index in [1.54, 1.807) is 0 Å². The Morgan fingerprint density at radius 1 is 0.920 bits per heavy atom. The molecule has 25 heavy (non-hydrogen) atoms. The van der Waals surface area contributed by atoms with Gasteiger partial charge in [0.15, 0.2) is 5.84 Å². The molecule has 1 heterocycles. The predicted molar refractivity (Wildman–Crippen MR) is 105 cm³/mol. The highest BCUT2D eigenvalue weighted by Gasteiger charge is 2.39. The Bertz CT molecular complexity index is 930. The number of halogens is 1. The van der Waals surface area contributed by atoms with Gasteiger partial charge in [-0.05, 0) is 42.2 Å². The van der Waals surface area contributed by atoms with Crippen LogP contribution < -0.4 is 10.3 Å². The summed E-state index contributed by atoms with van der Waals surface area (Å²) in [7, 11) is -0.308. The molecular formula is C20H16BClN2O. The van der Waals surface area contributed by atoms with Crippen molar-refractivity contribution in [1.29, 1.82) is 0 Å². The molecule has 3 nitrogen and oxygen atoms in total. The summed E-state index contributed by atoms with van der Waals surface area (Å²) in [6, 6.07) is 26.1. The number of anilines is 1. The lowest BCUT2D eigenvalue weighted by Crippen LogP contribution is -2.49. The molecule has 0 bridgehead atoms. The quantitative estimate of drug-likeness (QED) is 0.663. The second kappa shape index (κ2) is 6.65. The Balaban J connectivity index is 1.81. The zero-order chi connectivity index (χ0) is 17.2. The van der Waals surface area contributed by atoms with Crippen LogP contribution in [0.5, 0.6) is 0 Å². The van der Waals surface area contributed by atoms with Crippen LogP contribution in [-0.4, -0.2) is 12.9 Å². The van der Waals surface area contributed by atoms with Crippen LogP contribution in [0, 0.1) is 6.92 Å². The van der Waals surface area contributed by atoms with Crippen LogP contribution in [0.4, 0.5) is 5.69 Å². The van der Waals surface area contributed by atoms with Crippen LogP contribution in [0.25, 0.3) is 0 Å². The third-order valence-electron chi connectivity index (χ3n) is 4.15. The van der Waals surface area contributed by atoms with E-state index in [0.717, 1.165) is 22.5 Å². The SMILES string of the molecule is Cc1cccc(N2B(c3ccccc3)ON=C2c2cccc(Cl)c2)c1. The molecule has 0 saturated heterocycles. The Hall–Kier alpha value is -2.72. The van der Waals surface area contributed by atoms with E-state index in [4.69, 9.17) is 16.4 Å². The van der Waals surface area contributed by atoms with Gasteiger partial charge in [0, 0.05) is 16.3 Å². The first kappa shape index (κ1) is 15.8. The summed E-state index contributed by atoms with van der Waals surface area (Å²) in [5.74, 6) is 0.752. The largest absolute Gasteiger partial charge is 0.550 e. The lowest BCUT2D eigenvalue weighted by atomic mass is 9.71. The van der Waals surface area contributed by atoms with Crippen molar-refractivity contribution in [2.24, 2.45) is 5.16 Å². The molecule has 0 N–H and O–H groups in total. The zero-order valence-electron chi connectivity index (χ0n) is 13.8. The van der Waals surface area contributed by atoms with Crippen LogP contribution in [0.3, 0.4) is 0 Å². The van der Waals surface area contributed by atoms with Crippen LogP contribution in [0.15, 0.2) is 84.0 Å². The lowest BCUT2D eigenvalue weighted by Gasteiger charge is -2.23. The van der Waals surface area contributed by atoms with E-state index < -0.39 is 0 Å². The number of aryl methyl sites for hydroxylation is 1. The zero-order valence-corrected chi connectivity index (χ0v) is 14.5. The van der Waals surface area contributed by atoms with Gasteiger partial charge in [-0.15, -0.1) is 0 Å². The maximum atomic E-state index is 6.18. The molecule has 0 amide bonds. The lowest BCUT2D eigenvalue weighted by molar-refractivity contribution is 0.367. The molecule has 4 rings (SSSR count). The molecule has 0 aromatic heterocycles.